The molecule has 3 nitrogen and oxygen atoms in total. The smallest absolute Gasteiger partial charge is 0.237 e. The number of hydrogen-bond acceptors (Lipinski definition) is 2. The highest BCUT2D eigenvalue weighted by Crippen LogP contribution is 2.56. The molecule has 2 aliphatic carbocycles. The summed E-state index contributed by atoms with van der Waals surface area (Å²) < 4.78 is 0. The van der Waals surface area contributed by atoms with E-state index in [1.165, 1.54) is 4.90 Å². The number of fused-ring (bicyclic) bond motifs is 5. The zero-order valence-corrected chi connectivity index (χ0v) is 11.1. The summed E-state index contributed by atoms with van der Waals surface area (Å²) in [6, 6.07) is 7.01. The molecule has 0 unspecified atom stereocenters. The lowest BCUT2D eigenvalue weighted by molar-refractivity contribution is -0.123. The number of carbonyl (C=O) groups is 2. The number of carbonyl (C=O) groups excluding carboxylic acids is 2. The summed E-state index contributed by atoms with van der Waals surface area (Å²) in [5.74, 6) is 0.704. The first-order valence-corrected chi connectivity index (χ1v) is 7.18. The Balaban J connectivity index is 1.75. The fourth-order valence-electron chi connectivity index (χ4n) is 4.28. The van der Waals surface area contributed by atoms with E-state index in [0.29, 0.717) is 22.5 Å². The SMILES string of the molecule is O=C1[C@H]2[C@@H]3CC[C@H](C3)[C@@H]2C(=O)N1c1cccc(Cl)c1. The van der Waals surface area contributed by atoms with Gasteiger partial charge in [-0.1, -0.05) is 17.7 Å². The van der Waals surface area contributed by atoms with Crippen LogP contribution in [0, 0.1) is 23.7 Å². The first-order chi connectivity index (χ1) is 9.16. The normalized spacial score (nSPS) is 36.2. The van der Waals surface area contributed by atoms with Crippen LogP contribution < -0.4 is 4.90 Å². The minimum Gasteiger partial charge on any atom is -0.274 e. The van der Waals surface area contributed by atoms with E-state index in [9.17, 15) is 9.59 Å². The van der Waals surface area contributed by atoms with Gasteiger partial charge in [-0.3, -0.25) is 9.59 Å². The van der Waals surface area contributed by atoms with E-state index in [1.54, 1.807) is 24.3 Å². The van der Waals surface area contributed by atoms with Crippen LogP contribution in [0.25, 0.3) is 0 Å². The van der Waals surface area contributed by atoms with Gasteiger partial charge in [0.15, 0.2) is 0 Å². The van der Waals surface area contributed by atoms with Crippen LogP contribution in [0.1, 0.15) is 19.3 Å². The van der Waals surface area contributed by atoms with Crippen LogP contribution in [0.5, 0.6) is 0 Å². The van der Waals surface area contributed by atoms with Gasteiger partial charge in [0.1, 0.15) is 0 Å². The van der Waals surface area contributed by atoms with E-state index in [-0.39, 0.29) is 23.7 Å². The van der Waals surface area contributed by atoms with Crippen molar-refractivity contribution in [2.75, 3.05) is 4.90 Å². The molecule has 3 aliphatic rings. The third-order valence-electron chi connectivity index (χ3n) is 4.99. The Bertz CT molecular complexity index is 557. The minimum atomic E-state index is -0.0646. The molecule has 2 amide bonds. The molecule has 19 heavy (non-hydrogen) atoms. The van der Waals surface area contributed by atoms with Gasteiger partial charge in [-0.2, -0.15) is 0 Å². The first kappa shape index (κ1) is 11.5. The maximum Gasteiger partial charge on any atom is 0.237 e. The van der Waals surface area contributed by atoms with Crippen molar-refractivity contribution in [3.8, 4) is 0 Å². The topological polar surface area (TPSA) is 37.4 Å². The van der Waals surface area contributed by atoms with Gasteiger partial charge < -0.3 is 0 Å². The zero-order chi connectivity index (χ0) is 13.1. The summed E-state index contributed by atoms with van der Waals surface area (Å²) in [5.41, 5.74) is 0.622. The van der Waals surface area contributed by atoms with E-state index >= 15 is 0 Å². The zero-order valence-electron chi connectivity index (χ0n) is 10.4. The second kappa shape index (κ2) is 3.83. The third-order valence-corrected chi connectivity index (χ3v) is 5.23. The number of rotatable bonds is 1. The van der Waals surface area contributed by atoms with Crippen molar-refractivity contribution in [3.63, 3.8) is 0 Å². The number of anilines is 1. The van der Waals surface area contributed by atoms with Crippen LogP contribution in [-0.4, -0.2) is 11.8 Å². The maximum atomic E-state index is 12.6. The molecule has 1 heterocycles. The van der Waals surface area contributed by atoms with Crippen LogP contribution in [0.15, 0.2) is 24.3 Å². The number of amides is 2. The van der Waals surface area contributed by atoms with E-state index in [4.69, 9.17) is 11.6 Å². The molecule has 0 spiro atoms. The monoisotopic (exact) mass is 275 g/mol. The van der Waals surface area contributed by atoms with Crippen LogP contribution in [0.3, 0.4) is 0 Å². The van der Waals surface area contributed by atoms with Gasteiger partial charge in [0, 0.05) is 5.02 Å². The molecule has 98 valence electrons. The lowest BCUT2D eigenvalue weighted by Gasteiger charge is -2.19. The standard InChI is InChI=1S/C15H14ClNO2/c16-10-2-1-3-11(7-10)17-14(18)12-8-4-5-9(6-8)13(12)15(17)19/h1-3,7-9,12-13H,4-6H2/t8-,9-,12+,13+/m1/s1. The quantitative estimate of drug-likeness (QED) is 0.739. The fraction of sp³-hybridized carbons (Fsp3) is 0.467. The molecule has 0 radical (unpaired) electrons. The van der Waals surface area contributed by atoms with Gasteiger partial charge in [0.25, 0.3) is 0 Å². The van der Waals surface area contributed by atoms with Crippen molar-refractivity contribution in [3.05, 3.63) is 29.3 Å². The fourth-order valence-corrected chi connectivity index (χ4v) is 4.46. The Hall–Kier alpha value is -1.35. The Kier molecular flexibility index (Phi) is 2.31. The summed E-state index contributed by atoms with van der Waals surface area (Å²) in [4.78, 5) is 26.5. The van der Waals surface area contributed by atoms with Crippen LogP contribution >= 0.6 is 11.6 Å². The molecule has 1 aromatic carbocycles. The Morgan fingerprint density at radius 3 is 2.26 bits per heavy atom. The number of halogens is 1. The number of nitrogens with zero attached hydrogens (tertiary/aromatic N) is 1. The molecule has 0 N–H and O–H groups in total. The number of benzene rings is 1. The van der Waals surface area contributed by atoms with Gasteiger partial charge in [-0.15, -0.1) is 0 Å². The summed E-state index contributed by atoms with van der Waals surface area (Å²) >= 11 is 5.96. The second-order valence-corrected chi connectivity index (χ2v) is 6.31. The highest BCUT2D eigenvalue weighted by atomic mass is 35.5. The molecule has 2 saturated carbocycles. The average Bonchev–Trinajstić information content (AvgIpc) is 3.04. The molecular weight excluding hydrogens is 262 g/mol. The predicted octanol–water partition coefficient (Wildman–Crippen LogP) is 2.88. The predicted molar refractivity (Wildman–Crippen MR) is 71.8 cm³/mol. The Morgan fingerprint density at radius 1 is 1.05 bits per heavy atom. The minimum absolute atomic E-state index is 0.00975. The van der Waals surface area contributed by atoms with E-state index in [1.807, 2.05) is 0 Å². The average molecular weight is 276 g/mol. The van der Waals surface area contributed by atoms with E-state index < -0.39 is 0 Å². The van der Waals surface area contributed by atoms with E-state index in [2.05, 4.69) is 0 Å². The van der Waals surface area contributed by atoms with Gasteiger partial charge in [0.05, 0.1) is 17.5 Å². The largest absolute Gasteiger partial charge is 0.274 e. The second-order valence-electron chi connectivity index (χ2n) is 5.88. The van der Waals surface area contributed by atoms with Gasteiger partial charge in [0.2, 0.25) is 11.8 Å². The molecule has 1 aliphatic heterocycles. The maximum absolute atomic E-state index is 12.6. The van der Waals surface area contributed by atoms with Crippen LogP contribution in [0.4, 0.5) is 5.69 Å². The molecule has 1 aromatic rings. The number of hydrogen-bond donors (Lipinski definition) is 0. The van der Waals surface area contributed by atoms with Crippen molar-refractivity contribution >= 4 is 29.1 Å². The van der Waals surface area contributed by atoms with Gasteiger partial charge >= 0.3 is 0 Å². The molecule has 2 bridgehead atoms. The highest BCUT2D eigenvalue weighted by molar-refractivity contribution is 6.31. The van der Waals surface area contributed by atoms with Crippen molar-refractivity contribution in [2.45, 2.75) is 19.3 Å². The molecule has 4 rings (SSSR count). The molecule has 3 fully saturated rings. The first-order valence-electron chi connectivity index (χ1n) is 6.80. The summed E-state index contributed by atoms with van der Waals surface area (Å²) in [5, 5.41) is 0.554. The molecular formula is C15H14ClNO2. The third kappa shape index (κ3) is 1.45. The van der Waals surface area contributed by atoms with Crippen molar-refractivity contribution < 1.29 is 9.59 Å². The lowest BCUT2D eigenvalue weighted by atomic mass is 9.81. The van der Waals surface area contributed by atoms with E-state index in [0.717, 1.165) is 19.3 Å². The summed E-state index contributed by atoms with van der Waals surface area (Å²) in [6.07, 6.45) is 3.28. The number of imide groups is 1. The van der Waals surface area contributed by atoms with Gasteiger partial charge in [-0.05, 0) is 49.3 Å². The van der Waals surface area contributed by atoms with Crippen LogP contribution in [-0.2, 0) is 9.59 Å². The Morgan fingerprint density at radius 2 is 1.68 bits per heavy atom. The Labute approximate surface area is 116 Å². The summed E-state index contributed by atoms with van der Waals surface area (Å²) in [7, 11) is 0. The molecule has 0 aromatic heterocycles. The molecule has 1 saturated heterocycles. The van der Waals surface area contributed by atoms with Crippen molar-refractivity contribution in [1.29, 1.82) is 0 Å². The van der Waals surface area contributed by atoms with Crippen LogP contribution in [0.2, 0.25) is 5.02 Å². The molecule has 4 atom stereocenters. The highest BCUT2D eigenvalue weighted by Gasteiger charge is 2.61. The lowest BCUT2D eigenvalue weighted by Crippen LogP contribution is -2.32. The van der Waals surface area contributed by atoms with Crippen molar-refractivity contribution in [2.24, 2.45) is 23.7 Å². The summed E-state index contributed by atoms with van der Waals surface area (Å²) in [6.45, 7) is 0. The van der Waals surface area contributed by atoms with Crippen molar-refractivity contribution in [1.82, 2.24) is 0 Å². The molecule has 4 heteroatoms. The van der Waals surface area contributed by atoms with Gasteiger partial charge in [-0.25, -0.2) is 4.90 Å².